The second-order valence-corrected chi connectivity index (χ2v) is 10.1. The van der Waals surface area contributed by atoms with Gasteiger partial charge in [-0.3, -0.25) is 9.69 Å². The minimum absolute atomic E-state index is 0.0228. The maximum absolute atomic E-state index is 13.8. The molecule has 38 heavy (non-hydrogen) atoms. The first kappa shape index (κ1) is 27.1. The number of benzene rings is 2. The standard InChI is InChI=1S/C29H30F3N3O3/c1-5-37-19-10-11-24(38-6-2)20(13-19)25-21(16-33)27(34)35(18-9-7-8-17(12-18)29(30,31)32)22-14-28(3,4)15-23(36)26(22)25/h7-13,25H,5-6,14-15,34H2,1-4H3. The van der Waals surface area contributed by atoms with Crippen LogP contribution in [0.25, 0.3) is 0 Å². The summed E-state index contributed by atoms with van der Waals surface area (Å²) in [5, 5.41) is 10.3. The van der Waals surface area contributed by atoms with E-state index in [1.54, 1.807) is 18.2 Å². The summed E-state index contributed by atoms with van der Waals surface area (Å²) in [5.41, 5.74) is 6.83. The monoisotopic (exact) mass is 525 g/mol. The molecule has 2 aromatic carbocycles. The fraction of sp³-hybridized carbons (Fsp3) is 0.379. The van der Waals surface area contributed by atoms with Crippen molar-refractivity contribution in [3.05, 3.63) is 76.3 Å². The summed E-state index contributed by atoms with van der Waals surface area (Å²) >= 11 is 0. The number of carbonyl (C=O) groups excluding carboxylic acids is 1. The number of halogens is 3. The number of ketones is 1. The van der Waals surface area contributed by atoms with E-state index in [4.69, 9.17) is 15.2 Å². The third-order valence-electron chi connectivity index (χ3n) is 6.72. The third-order valence-corrected chi connectivity index (χ3v) is 6.72. The second-order valence-electron chi connectivity index (χ2n) is 10.1. The second kappa shape index (κ2) is 10.1. The van der Waals surface area contributed by atoms with E-state index in [1.807, 2.05) is 27.7 Å². The number of hydrogen-bond acceptors (Lipinski definition) is 6. The SMILES string of the molecule is CCOc1ccc(OCC)c(C2C(C#N)=C(N)N(c3cccc(C(F)(F)F)c3)C3=C2C(=O)CC(C)(C)C3)c1. The topological polar surface area (TPSA) is 88.6 Å². The van der Waals surface area contributed by atoms with Gasteiger partial charge in [0.25, 0.3) is 0 Å². The van der Waals surface area contributed by atoms with Crippen LogP contribution in [0.2, 0.25) is 0 Å². The van der Waals surface area contributed by atoms with Gasteiger partial charge in [0, 0.05) is 28.9 Å². The lowest BCUT2D eigenvalue weighted by molar-refractivity contribution is -0.137. The summed E-state index contributed by atoms with van der Waals surface area (Å²) in [4.78, 5) is 15.2. The Morgan fingerprint density at radius 3 is 2.45 bits per heavy atom. The van der Waals surface area contributed by atoms with Crippen molar-refractivity contribution >= 4 is 11.5 Å². The highest BCUT2D eigenvalue weighted by molar-refractivity contribution is 6.02. The molecule has 0 radical (unpaired) electrons. The molecule has 9 heteroatoms. The molecule has 0 spiro atoms. The molecule has 200 valence electrons. The van der Waals surface area contributed by atoms with Crippen LogP contribution in [-0.4, -0.2) is 19.0 Å². The summed E-state index contributed by atoms with van der Waals surface area (Å²) in [5.74, 6) is -0.0676. The first-order chi connectivity index (χ1) is 17.9. The molecule has 0 fully saturated rings. The van der Waals surface area contributed by atoms with E-state index in [2.05, 4.69) is 6.07 Å². The van der Waals surface area contributed by atoms with E-state index in [1.165, 1.54) is 17.0 Å². The van der Waals surface area contributed by atoms with Gasteiger partial charge in [0.15, 0.2) is 5.78 Å². The molecule has 6 nitrogen and oxygen atoms in total. The number of anilines is 1. The van der Waals surface area contributed by atoms with Gasteiger partial charge in [-0.2, -0.15) is 18.4 Å². The quantitative estimate of drug-likeness (QED) is 0.467. The van der Waals surface area contributed by atoms with Crippen LogP contribution in [0.4, 0.5) is 18.9 Å². The van der Waals surface area contributed by atoms with Crippen molar-refractivity contribution in [2.24, 2.45) is 11.1 Å². The zero-order valence-electron chi connectivity index (χ0n) is 21.8. The Bertz CT molecular complexity index is 1370. The largest absolute Gasteiger partial charge is 0.494 e. The van der Waals surface area contributed by atoms with Crippen LogP contribution in [0.3, 0.4) is 0 Å². The highest BCUT2D eigenvalue weighted by atomic mass is 19.4. The molecule has 1 heterocycles. The number of nitriles is 1. The molecule has 0 saturated carbocycles. The van der Waals surface area contributed by atoms with E-state index in [0.717, 1.165) is 12.1 Å². The Hall–Kier alpha value is -3.93. The summed E-state index contributed by atoms with van der Waals surface area (Å²) in [6.45, 7) is 8.27. The normalized spacial score (nSPS) is 19.3. The number of nitrogens with zero attached hydrogens (tertiary/aromatic N) is 2. The maximum atomic E-state index is 13.8. The van der Waals surface area contributed by atoms with Crippen LogP contribution in [0.5, 0.6) is 11.5 Å². The van der Waals surface area contributed by atoms with Crippen LogP contribution in [0, 0.1) is 16.7 Å². The van der Waals surface area contributed by atoms with Crippen LogP contribution in [0.15, 0.2) is 65.1 Å². The van der Waals surface area contributed by atoms with Crippen molar-refractivity contribution in [2.75, 3.05) is 18.1 Å². The van der Waals surface area contributed by atoms with E-state index >= 15 is 0 Å². The molecule has 2 N–H and O–H groups in total. The molecule has 1 atom stereocenters. The number of rotatable bonds is 6. The average Bonchev–Trinajstić information content (AvgIpc) is 2.83. The van der Waals surface area contributed by atoms with E-state index < -0.39 is 23.1 Å². The fourth-order valence-corrected chi connectivity index (χ4v) is 5.23. The highest BCUT2D eigenvalue weighted by Crippen LogP contribution is 2.52. The van der Waals surface area contributed by atoms with Gasteiger partial charge in [-0.15, -0.1) is 0 Å². The van der Waals surface area contributed by atoms with E-state index in [0.29, 0.717) is 48.0 Å². The molecule has 4 rings (SSSR count). The predicted octanol–water partition coefficient (Wildman–Crippen LogP) is 6.44. The number of alkyl halides is 3. The highest BCUT2D eigenvalue weighted by Gasteiger charge is 2.46. The van der Waals surface area contributed by atoms with Crippen molar-refractivity contribution in [3.63, 3.8) is 0 Å². The third kappa shape index (κ3) is 4.95. The van der Waals surface area contributed by atoms with Crippen molar-refractivity contribution < 1.29 is 27.4 Å². The number of allylic oxidation sites excluding steroid dienone is 3. The molecule has 2 aliphatic rings. The van der Waals surface area contributed by atoms with Crippen molar-refractivity contribution in [2.45, 2.75) is 52.6 Å². The van der Waals surface area contributed by atoms with Gasteiger partial charge < -0.3 is 15.2 Å². The summed E-state index contributed by atoms with van der Waals surface area (Å²) in [6, 6.07) is 12.1. The lowest BCUT2D eigenvalue weighted by atomic mass is 9.68. The fourth-order valence-electron chi connectivity index (χ4n) is 5.23. The first-order valence-electron chi connectivity index (χ1n) is 12.4. The van der Waals surface area contributed by atoms with Gasteiger partial charge in [0.05, 0.1) is 36.3 Å². The summed E-state index contributed by atoms with van der Waals surface area (Å²) in [6.07, 6.45) is -3.99. The smallest absolute Gasteiger partial charge is 0.416 e. The number of ether oxygens (including phenoxy) is 2. The van der Waals surface area contributed by atoms with Gasteiger partial charge in [-0.1, -0.05) is 19.9 Å². The van der Waals surface area contributed by atoms with Gasteiger partial charge >= 0.3 is 6.18 Å². The van der Waals surface area contributed by atoms with Crippen LogP contribution in [-0.2, 0) is 11.0 Å². The van der Waals surface area contributed by atoms with Gasteiger partial charge in [0.2, 0.25) is 0 Å². The van der Waals surface area contributed by atoms with E-state index in [-0.39, 0.29) is 29.3 Å². The molecular weight excluding hydrogens is 495 g/mol. The first-order valence-corrected chi connectivity index (χ1v) is 12.4. The minimum atomic E-state index is -4.57. The van der Waals surface area contributed by atoms with Crippen molar-refractivity contribution in [1.29, 1.82) is 5.26 Å². The lowest BCUT2D eigenvalue weighted by Crippen LogP contribution is -2.42. The van der Waals surface area contributed by atoms with Crippen molar-refractivity contribution in [3.8, 4) is 17.6 Å². The van der Waals surface area contributed by atoms with Crippen molar-refractivity contribution in [1.82, 2.24) is 0 Å². The number of nitrogens with two attached hydrogens (primary N) is 1. The summed E-state index contributed by atoms with van der Waals surface area (Å²) < 4.78 is 52.3. The lowest BCUT2D eigenvalue weighted by Gasteiger charge is -2.44. The maximum Gasteiger partial charge on any atom is 0.416 e. The zero-order chi connectivity index (χ0) is 27.8. The molecule has 1 aliphatic carbocycles. The number of hydrogen-bond donors (Lipinski definition) is 1. The van der Waals surface area contributed by atoms with Crippen LogP contribution >= 0.6 is 0 Å². The molecule has 0 bridgehead atoms. The summed E-state index contributed by atoms with van der Waals surface area (Å²) in [7, 11) is 0. The molecule has 1 unspecified atom stereocenters. The molecule has 0 amide bonds. The Balaban J connectivity index is 2.02. The van der Waals surface area contributed by atoms with E-state index in [9.17, 15) is 23.2 Å². The Morgan fingerprint density at radius 1 is 1.11 bits per heavy atom. The van der Waals surface area contributed by atoms with Gasteiger partial charge in [-0.05, 0) is 62.1 Å². The number of Topliss-reactive ketones (excluding diaryl/α,β-unsaturated/α-hetero) is 1. The van der Waals surface area contributed by atoms with Crippen LogP contribution in [0.1, 0.15) is 57.6 Å². The molecule has 0 aromatic heterocycles. The minimum Gasteiger partial charge on any atom is -0.494 e. The number of carbonyl (C=O) groups is 1. The molecule has 0 saturated heterocycles. The van der Waals surface area contributed by atoms with Gasteiger partial charge in [-0.25, -0.2) is 0 Å². The Labute approximate surface area is 220 Å². The predicted molar refractivity (Wildman–Crippen MR) is 137 cm³/mol. The zero-order valence-corrected chi connectivity index (χ0v) is 21.8. The molecule has 1 aliphatic heterocycles. The van der Waals surface area contributed by atoms with Gasteiger partial charge in [0.1, 0.15) is 17.3 Å². The molecule has 2 aromatic rings. The average molecular weight is 526 g/mol. The Morgan fingerprint density at radius 2 is 1.82 bits per heavy atom. The molecular formula is C29H30F3N3O3. The Kier molecular flexibility index (Phi) is 7.20. The van der Waals surface area contributed by atoms with Crippen LogP contribution < -0.4 is 20.1 Å².